The monoisotopic (exact) mass is 239 g/mol. The molecular formula is C18H23. The van der Waals surface area contributed by atoms with E-state index in [4.69, 9.17) is 0 Å². The third kappa shape index (κ3) is 1.57. The fraction of sp³-hybridized carbons (Fsp3) is 0.667. The van der Waals surface area contributed by atoms with Crippen LogP contribution in [-0.2, 0) is 0 Å². The first-order valence-corrected chi connectivity index (χ1v) is 7.69. The first kappa shape index (κ1) is 11.1. The molecule has 0 N–H and O–H groups in total. The zero-order chi connectivity index (χ0) is 12.3. The summed E-state index contributed by atoms with van der Waals surface area (Å²) >= 11 is 0. The van der Waals surface area contributed by atoms with Gasteiger partial charge in [0.25, 0.3) is 0 Å². The highest BCUT2D eigenvalue weighted by Crippen LogP contribution is 2.58. The van der Waals surface area contributed by atoms with E-state index in [0.29, 0.717) is 0 Å². The summed E-state index contributed by atoms with van der Waals surface area (Å²) in [5.74, 6) is 5.05. The van der Waals surface area contributed by atoms with Crippen LogP contribution in [0.3, 0.4) is 0 Å². The van der Waals surface area contributed by atoms with Crippen LogP contribution >= 0.6 is 0 Å². The Labute approximate surface area is 111 Å². The van der Waals surface area contributed by atoms with Gasteiger partial charge in [0.05, 0.1) is 0 Å². The van der Waals surface area contributed by atoms with Crippen molar-refractivity contribution < 1.29 is 0 Å². The van der Waals surface area contributed by atoms with Crippen molar-refractivity contribution in [3.63, 3.8) is 0 Å². The number of hydrogen-bond donors (Lipinski definition) is 0. The molecule has 1 radical (unpaired) electrons. The van der Waals surface area contributed by atoms with Crippen molar-refractivity contribution in [3.8, 4) is 0 Å². The lowest BCUT2D eigenvalue weighted by Crippen LogP contribution is -2.45. The molecule has 0 spiro atoms. The van der Waals surface area contributed by atoms with E-state index in [1.165, 1.54) is 36.8 Å². The molecule has 5 rings (SSSR count). The molecule has 0 aliphatic heterocycles. The van der Waals surface area contributed by atoms with Gasteiger partial charge < -0.3 is 0 Å². The smallest absolute Gasteiger partial charge is 0.0103 e. The van der Waals surface area contributed by atoms with Crippen LogP contribution in [0.1, 0.15) is 46.0 Å². The van der Waals surface area contributed by atoms with Crippen LogP contribution in [0.5, 0.6) is 0 Å². The van der Waals surface area contributed by atoms with Crippen molar-refractivity contribution in [3.05, 3.63) is 34.9 Å². The molecule has 4 fully saturated rings. The topological polar surface area (TPSA) is 0 Å². The summed E-state index contributed by atoms with van der Waals surface area (Å²) in [4.78, 5) is 0. The Morgan fingerprint density at radius 1 is 1.00 bits per heavy atom. The van der Waals surface area contributed by atoms with Gasteiger partial charge in [-0.05, 0) is 92.8 Å². The van der Waals surface area contributed by atoms with Gasteiger partial charge in [-0.15, -0.1) is 0 Å². The Bertz CT molecular complexity index is 428. The highest BCUT2D eigenvalue weighted by atomic mass is 14.5. The first-order valence-electron chi connectivity index (χ1n) is 7.69. The molecule has 0 amide bonds. The molecule has 5 aliphatic rings. The molecular weight excluding hydrogens is 216 g/mol. The van der Waals surface area contributed by atoms with E-state index in [1.54, 1.807) is 12.0 Å². The molecule has 0 aromatic carbocycles. The van der Waals surface area contributed by atoms with Crippen molar-refractivity contribution in [1.82, 2.24) is 0 Å². The Morgan fingerprint density at radius 3 is 2.11 bits per heavy atom. The highest BCUT2D eigenvalue weighted by Gasteiger charge is 2.48. The molecule has 4 bridgehead atoms. The molecule has 0 saturated heterocycles. The van der Waals surface area contributed by atoms with E-state index in [9.17, 15) is 0 Å². The lowest BCUT2D eigenvalue weighted by Gasteiger charge is -2.54. The summed E-state index contributed by atoms with van der Waals surface area (Å²) in [7, 11) is 0. The Hall–Kier alpha value is -0.780. The molecule has 0 aromatic rings. The molecule has 0 atom stereocenters. The van der Waals surface area contributed by atoms with Crippen molar-refractivity contribution in [2.45, 2.75) is 46.0 Å². The second kappa shape index (κ2) is 3.85. The van der Waals surface area contributed by atoms with E-state index < -0.39 is 0 Å². The maximum atomic E-state index is 3.48. The molecule has 4 saturated carbocycles. The molecule has 95 valence electrons. The molecule has 18 heavy (non-hydrogen) atoms. The van der Waals surface area contributed by atoms with Gasteiger partial charge in [0.15, 0.2) is 0 Å². The standard InChI is InChI=1S/C18H23/c1-11(2)14-3-4-15(10-14)18-16-6-12-5-13(8-16)9-17(18)7-12/h4,10,12-13,16-18H,5-9H2,1-2H3. The predicted octanol–water partition coefficient (Wildman–Crippen LogP) is 4.69. The maximum Gasteiger partial charge on any atom is -0.0103 e. The van der Waals surface area contributed by atoms with Crippen LogP contribution in [0.15, 0.2) is 28.9 Å². The lowest BCUT2D eigenvalue weighted by atomic mass is 9.50. The normalized spacial score (nSPS) is 44.7. The zero-order valence-corrected chi connectivity index (χ0v) is 11.6. The molecule has 0 heterocycles. The van der Waals surface area contributed by atoms with Crippen LogP contribution in [0.25, 0.3) is 0 Å². The van der Waals surface area contributed by atoms with Crippen LogP contribution < -0.4 is 0 Å². The summed E-state index contributed by atoms with van der Waals surface area (Å²) in [6, 6.07) is 0. The largest absolute Gasteiger partial charge is 0.0686 e. The van der Waals surface area contributed by atoms with Gasteiger partial charge in [0.1, 0.15) is 0 Å². The summed E-state index contributed by atoms with van der Waals surface area (Å²) in [5.41, 5.74) is 4.36. The van der Waals surface area contributed by atoms with Crippen molar-refractivity contribution in [1.29, 1.82) is 0 Å². The third-order valence-corrected chi connectivity index (χ3v) is 5.86. The maximum absolute atomic E-state index is 3.48. The van der Waals surface area contributed by atoms with E-state index >= 15 is 0 Å². The lowest BCUT2D eigenvalue weighted by molar-refractivity contribution is -0.0193. The molecule has 0 heteroatoms. The van der Waals surface area contributed by atoms with Gasteiger partial charge in [-0.1, -0.05) is 17.7 Å². The summed E-state index contributed by atoms with van der Waals surface area (Å²) in [6.07, 6.45) is 15.8. The van der Waals surface area contributed by atoms with Gasteiger partial charge in [0, 0.05) is 0 Å². The number of allylic oxidation sites excluding steroid dienone is 6. The van der Waals surface area contributed by atoms with Gasteiger partial charge in [-0.25, -0.2) is 0 Å². The Balaban J connectivity index is 1.65. The SMILES string of the molecule is CC(C)=C1[C]=CC(C2C3CC4CC(C3)CC2C4)=C1. The predicted molar refractivity (Wildman–Crippen MR) is 74.8 cm³/mol. The van der Waals surface area contributed by atoms with Gasteiger partial charge in [-0.2, -0.15) is 0 Å². The first-order chi connectivity index (χ1) is 8.70. The minimum Gasteiger partial charge on any atom is -0.0686 e. The number of rotatable bonds is 1. The minimum absolute atomic E-state index is 0.877. The summed E-state index contributed by atoms with van der Waals surface area (Å²) < 4.78 is 0. The van der Waals surface area contributed by atoms with Crippen LogP contribution in [0, 0.1) is 35.7 Å². The minimum atomic E-state index is 0.877. The zero-order valence-electron chi connectivity index (χ0n) is 11.6. The van der Waals surface area contributed by atoms with Crippen LogP contribution in [0.4, 0.5) is 0 Å². The quantitative estimate of drug-likeness (QED) is 0.622. The van der Waals surface area contributed by atoms with E-state index in [1.807, 2.05) is 0 Å². The van der Waals surface area contributed by atoms with Gasteiger partial charge in [0.2, 0.25) is 0 Å². The molecule has 0 aromatic heterocycles. The summed E-state index contributed by atoms with van der Waals surface area (Å²) in [5, 5.41) is 0. The second-order valence-corrected chi connectivity index (χ2v) is 7.30. The average Bonchev–Trinajstić information content (AvgIpc) is 2.77. The van der Waals surface area contributed by atoms with Crippen LogP contribution in [-0.4, -0.2) is 0 Å². The second-order valence-electron chi connectivity index (χ2n) is 7.30. The van der Waals surface area contributed by atoms with E-state index in [0.717, 1.165) is 29.6 Å². The summed E-state index contributed by atoms with van der Waals surface area (Å²) in [6.45, 7) is 4.40. The average molecular weight is 239 g/mol. The van der Waals surface area contributed by atoms with Crippen molar-refractivity contribution in [2.24, 2.45) is 29.6 Å². The van der Waals surface area contributed by atoms with Gasteiger partial charge >= 0.3 is 0 Å². The van der Waals surface area contributed by atoms with Crippen molar-refractivity contribution in [2.75, 3.05) is 0 Å². The highest BCUT2D eigenvalue weighted by molar-refractivity contribution is 5.46. The Kier molecular flexibility index (Phi) is 2.37. The van der Waals surface area contributed by atoms with Gasteiger partial charge in [-0.3, -0.25) is 0 Å². The fourth-order valence-electron chi connectivity index (χ4n) is 5.36. The molecule has 0 nitrogen and oxygen atoms in total. The fourth-order valence-corrected chi connectivity index (χ4v) is 5.36. The van der Waals surface area contributed by atoms with Crippen molar-refractivity contribution >= 4 is 0 Å². The molecule has 0 unspecified atom stereocenters. The van der Waals surface area contributed by atoms with E-state index in [2.05, 4.69) is 32.1 Å². The Morgan fingerprint density at radius 2 is 1.61 bits per heavy atom. The van der Waals surface area contributed by atoms with E-state index in [-0.39, 0.29) is 0 Å². The molecule has 5 aliphatic carbocycles. The third-order valence-electron chi connectivity index (χ3n) is 5.86. The number of hydrogen-bond acceptors (Lipinski definition) is 0. The van der Waals surface area contributed by atoms with Crippen LogP contribution in [0.2, 0.25) is 0 Å².